The number of likely N-dealkylation sites (tertiary alicyclic amines) is 1. The highest BCUT2D eigenvalue weighted by molar-refractivity contribution is 7.09. The predicted molar refractivity (Wildman–Crippen MR) is 69.1 cm³/mol. The smallest absolute Gasteiger partial charge is 0.246 e. The average molecular weight is 267 g/mol. The van der Waals surface area contributed by atoms with Crippen molar-refractivity contribution in [2.75, 3.05) is 6.54 Å². The van der Waals surface area contributed by atoms with Gasteiger partial charge in [0.05, 0.1) is 18.5 Å². The van der Waals surface area contributed by atoms with Crippen molar-refractivity contribution in [3.05, 3.63) is 16.6 Å². The Morgan fingerprint density at radius 2 is 2.39 bits per heavy atom. The molecule has 6 heteroatoms. The van der Waals surface area contributed by atoms with Gasteiger partial charge in [-0.25, -0.2) is 4.98 Å². The van der Waals surface area contributed by atoms with E-state index < -0.39 is 6.04 Å². The lowest BCUT2D eigenvalue weighted by Gasteiger charge is -2.17. The fourth-order valence-electron chi connectivity index (χ4n) is 2.09. The van der Waals surface area contributed by atoms with Gasteiger partial charge in [0.15, 0.2) is 0 Å². The van der Waals surface area contributed by atoms with Crippen LogP contribution in [0.15, 0.2) is 11.6 Å². The van der Waals surface area contributed by atoms with Gasteiger partial charge in [-0.05, 0) is 13.3 Å². The number of imide groups is 1. The Morgan fingerprint density at radius 3 is 3.00 bits per heavy atom. The maximum Gasteiger partial charge on any atom is 0.246 e. The summed E-state index contributed by atoms with van der Waals surface area (Å²) in [6.45, 7) is 4.43. The molecule has 1 aromatic rings. The quantitative estimate of drug-likeness (QED) is 0.818. The second kappa shape index (κ2) is 5.58. The molecule has 0 bridgehead atoms. The Morgan fingerprint density at radius 1 is 1.61 bits per heavy atom. The molecule has 2 atom stereocenters. The molecule has 0 saturated carbocycles. The number of nitrogens with one attached hydrogen (secondary N) is 1. The van der Waals surface area contributed by atoms with Crippen LogP contribution in [0.5, 0.6) is 0 Å². The summed E-state index contributed by atoms with van der Waals surface area (Å²) in [5.74, 6) is -0.184. The van der Waals surface area contributed by atoms with Crippen LogP contribution in [-0.4, -0.2) is 34.3 Å². The number of hydrogen-bond donors (Lipinski definition) is 1. The minimum Gasteiger partial charge on any atom is -0.297 e. The van der Waals surface area contributed by atoms with Gasteiger partial charge in [0.2, 0.25) is 11.8 Å². The highest BCUT2D eigenvalue weighted by Gasteiger charge is 2.38. The van der Waals surface area contributed by atoms with Crippen LogP contribution in [0, 0.1) is 0 Å². The number of nitrogens with zero attached hydrogens (tertiary/aromatic N) is 2. The van der Waals surface area contributed by atoms with E-state index in [2.05, 4.69) is 10.3 Å². The van der Waals surface area contributed by atoms with E-state index in [1.54, 1.807) is 17.5 Å². The fourth-order valence-corrected chi connectivity index (χ4v) is 2.75. The van der Waals surface area contributed by atoms with Crippen LogP contribution >= 0.6 is 11.3 Å². The summed E-state index contributed by atoms with van der Waals surface area (Å²) in [6, 6.07) is -0.406. The van der Waals surface area contributed by atoms with Crippen molar-refractivity contribution in [1.82, 2.24) is 15.2 Å². The molecule has 1 N–H and O–H groups in total. The van der Waals surface area contributed by atoms with Gasteiger partial charge in [-0.15, -0.1) is 11.3 Å². The van der Waals surface area contributed by atoms with E-state index in [4.69, 9.17) is 0 Å². The van der Waals surface area contributed by atoms with Crippen molar-refractivity contribution in [2.24, 2.45) is 0 Å². The molecule has 5 nitrogen and oxygen atoms in total. The normalized spacial score (nSPS) is 21.7. The zero-order valence-corrected chi connectivity index (χ0v) is 11.4. The Hall–Kier alpha value is -1.27. The molecule has 0 aliphatic carbocycles. The van der Waals surface area contributed by atoms with Gasteiger partial charge >= 0.3 is 0 Å². The molecule has 0 radical (unpaired) electrons. The zero-order valence-electron chi connectivity index (χ0n) is 10.5. The Bertz CT molecular complexity index is 433. The van der Waals surface area contributed by atoms with Crippen molar-refractivity contribution in [1.29, 1.82) is 0 Å². The summed E-state index contributed by atoms with van der Waals surface area (Å²) in [5.41, 5.74) is 0. The molecule has 1 aliphatic heterocycles. The molecular formula is C12H17N3O2S. The molecule has 1 aliphatic rings. The number of carbonyl (C=O) groups excluding carboxylic acids is 2. The first-order chi connectivity index (χ1) is 8.63. The van der Waals surface area contributed by atoms with Gasteiger partial charge in [0.1, 0.15) is 5.01 Å². The van der Waals surface area contributed by atoms with Gasteiger partial charge in [-0.2, -0.15) is 0 Å². The van der Waals surface area contributed by atoms with Gasteiger partial charge in [-0.1, -0.05) is 6.92 Å². The molecule has 2 unspecified atom stereocenters. The van der Waals surface area contributed by atoms with E-state index in [0.29, 0.717) is 6.54 Å². The maximum absolute atomic E-state index is 12.0. The lowest BCUT2D eigenvalue weighted by atomic mass is 10.2. The van der Waals surface area contributed by atoms with Crippen LogP contribution in [0.4, 0.5) is 0 Å². The van der Waals surface area contributed by atoms with Crippen molar-refractivity contribution >= 4 is 23.2 Å². The molecule has 1 saturated heterocycles. The van der Waals surface area contributed by atoms with Gasteiger partial charge < -0.3 is 0 Å². The first-order valence-corrected chi connectivity index (χ1v) is 7.01. The molecule has 0 spiro atoms. The second-order valence-electron chi connectivity index (χ2n) is 4.40. The minimum atomic E-state index is -0.400. The van der Waals surface area contributed by atoms with E-state index in [0.717, 1.165) is 11.4 Å². The van der Waals surface area contributed by atoms with E-state index in [-0.39, 0.29) is 24.3 Å². The SMILES string of the molecule is CCCN1C(=O)CC(NC(C)c2nccs2)C1=O. The average Bonchev–Trinajstić information content (AvgIpc) is 2.94. The summed E-state index contributed by atoms with van der Waals surface area (Å²) in [4.78, 5) is 29.3. The molecule has 2 rings (SSSR count). The highest BCUT2D eigenvalue weighted by atomic mass is 32.1. The summed E-state index contributed by atoms with van der Waals surface area (Å²) >= 11 is 1.54. The Balaban J connectivity index is 1.99. The number of aromatic nitrogens is 1. The van der Waals surface area contributed by atoms with Crippen LogP contribution in [0.1, 0.15) is 37.7 Å². The molecular weight excluding hydrogens is 250 g/mol. The molecule has 1 aromatic heterocycles. The second-order valence-corrected chi connectivity index (χ2v) is 5.33. The van der Waals surface area contributed by atoms with E-state index in [9.17, 15) is 9.59 Å². The van der Waals surface area contributed by atoms with Crippen LogP contribution in [-0.2, 0) is 9.59 Å². The third-order valence-corrected chi connectivity index (χ3v) is 3.92. The van der Waals surface area contributed by atoms with Crippen LogP contribution in [0.3, 0.4) is 0 Å². The lowest BCUT2D eigenvalue weighted by Crippen LogP contribution is -2.40. The monoisotopic (exact) mass is 267 g/mol. The number of carbonyl (C=O) groups is 2. The number of rotatable bonds is 5. The summed E-state index contributed by atoms with van der Waals surface area (Å²) in [5, 5.41) is 6.02. The third kappa shape index (κ3) is 2.59. The molecule has 0 aromatic carbocycles. The molecule has 18 heavy (non-hydrogen) atoms. The van der Waals surface area contributed by atoms with Crippen molar-refractivity contribution < 1.29 is 9.59 Å². The first-order valence-electron chi connectivity index (χ1n) is 6.13. The highest BCUT2D eigenvalue weighted by Crippen LogP contribution is 2.20. The molecule has 98 valence electrons. The van der Waals surface area contributed by atoms with Crippen molar-refractivity contribution in [3.8, 4) is 0 Å². The van der Waals surface area contributed by atoms with Crippen LogP contribution < -0.4 is 5.32 Å². The van der Waals surface area contributed by atoms with Crippen molar-refractivity contribution in [3.63, 3.8) is 0 Å². The Labute approximate surface area is 110 Å². The summed E-state index contributed by atoms with van der Waals surface area (Å²) < 4.78 is 0. The van der Waals surface area contributed by atoms with Crippen LogP contribution in [0.25, 0.3) is 0 Å². The first kappa shape index (κ1) is 13.2. The number of thiazole rings is 1. The molecule has 2 heterocycles. The maximum atomic E-state index is 12.0. The lowest BCUT2D eigenvalue weighted by molar-refractivity contribution is -0.138. The molecule has 2 amide bonds. The summed E-state index contributed by atoms with van der Waals surface area (Å²) in [6.07, 6.45) is 2.80. The zero-order chi connectivity index (χ0) is 13.1. The van der Waals surface area contributed by atoms with Crippen molar-refractivity contribution in [2.45, 2.75) is 38.8 Å². The minimum absolute atomic E-state index is 0.00618. The largest absolute Gasteiger partial charge is 0.297 e. The van der Waals surface area contributed by atoms with E-state index >= 15 is 0 Å². The van der Waals surface area contributed by atoms with Gasteiger partial charge in [0, 0.05) is 18.1 Å². The van der Waals surface area contributed by atoms with Gasteiger partial charge in [-0.3, -0.25) is 19.8 Å². The van der Waals surface area contributed by atoms with Gasteiger partial charge in [0.25, 0.3) is 0 Å². The number of hydrogen-bond acceptors (Lipinski definition) is 5. The van der Waals surface area contributed by atoms with E-state index in [1.165, 1.54) is 4.90 Å². The van der Waals surface area contributed by atoms with E-state index in [1.807, 2.05) is 19.2 Å². The third-order valence-electron chi connectivity index (χ3n) is 2.96. The summed E-state index contributed by atoms with van der Waals surface area (Å²) in [7, 11) is 0. The Kier molecular flexibility index (Phi) is 4.08. The fraction of sp³-hybridized carbons (Fsp3) is 0.583. The number of amides is 2. The molecule has 1 fully saturated rings. The van der Waals surface area contributed by atoms with Crippen LogP contribution in [0.2, 0.25) is 0 Å². The predicted octanol–water partition coefficient (Wildman–Crippen LogP) is 1.33. The standard InChI is InChI=1S/C12H17N3O2S/c1-3-5-15-10(16)7-9(12(15)17)14-8(2)11-13-4-6-18-11/h4,6,8-9,14H,3,5,7H2,1-2H3. The topological polar surface area (TPSA) is 62.3 Å².